The van der Waals surface area contributed by atoms with Crippen molar-refractivity contribution < 1.29 is 9.90 Å². The van der Waals surface area contributed by atoms with Crippen LogP contribution < -0.4 is 5.32 Å². The van der Waals surface area contributed by atoms with Crippen LogP contribution in [0.1, 0.15) is 13.3 Å². The van der Waals surface area contributed by atoms with E-state index in [1.165, 1.54) is 0 Å². The molecular weight excluding hydrogens is 156 g/mol. The molecule has 72 valence electrons. The molecule has 0 aromatic heterocycles. The number of nitrogens with one attached hydrogen (secondary N) is 1. The molecule has 0 fully saturated rings. The van der Waals surface area contributed by atoms with Gasteiger partial charge < -0.3 is 15.3 Å². The van der Waals surface area contributed by atoms with Crippen LogP contribution in [-0.2, 0) is 4.79 Å². The molecule has 0 aromatic carbocycles. The van der Waals surface area contributed by atoms with Crippen molar-refractivity contribution >= 4 is 5.91 Å². The minimum atomic E-state index is -0.139. The molecule has 0 saturated carbocycles. The Balaban J connectivity index is 3.46. The predicted molar refractivity (Wildman–Crippen MR) is 47.9 cm³/mol. The number of hydrogen-bond donors (Lipinski definition) is 2. The SMILES string of the molecule is C[C@H](CO)NC(=O)CCN(C)C. The van der Waals surface area contributed by atoms with Crippen LogP contribution in [-0.4, -0.2) is 49.2 Å². The molecular formula is C8H18N2O2. The summed E-state index contributed by atoms with van der Waals surface area (Å²) in [5.41, 5.74) is 0. The monoisotopic (exact) mass is 174 g/mol. The summed E-state index contributed by atoms with van der Waals surface area (Å²) in [5.74, 6) is -0.00903. The van der Waals surface area contributed by atoms with Gasteiger partial charge in [-0.15, -0.1) is 0 Å². The Bertz CT molecular complexity index is 137. The van der Waals surface area contributed by atoms with E-state index in [9.17, 15) is 4.79 Å². The van der Waals surface area contributed by atoms with Crippen LogP contribution in [0.25, 0.3) is 0 Å². The number of aliphatic hydroxyl groups excluding tert-OH is 1. The fraction of sp³-hybridized carbons (Fsp3) is 0.875. The van der Waals surface area contributed by atoms with Crippen molar-refractivity contribution in [1.29, 1.82) is 0 Å². The highest BCUT2D eigenvalue weighted by Gasteiger charge is 2.05. The lowest BCUT2D eigenvalue weighted by Crippen LogP contribution is -2.36. The number of carbonyl (C=O) groups excluding carboxylic acids is 1. The van der Waals surface area contributed by atoms with Crippen molar-refractivity contribution in [2.24, 2.45) is 0 Å². The fourth-order valence-electron chi connectivity index (χ4n) is 0.718. The zero-order valence-electron chi connectivity index (χ0n) is 8.00. The Labute approximate surface area is 73.6 Å². The van der Waals surface area contributed by atoms with Gasteiger partial charge in [0, 0.05) is 19.0 Å². The molecule has 4 heteroatoms. The van der Waals surface area contributed by atoms with Gasteiger partial charge >= 0.3 is 0 Å². The maximum atomic E-state index is 11.1. The third-order valence-corrected chi connectivity index (χ3v) is 1.47. The molecule has 0 aromatic rings. The number of rotatable bonds is 5. The summed E-state index contributed by atoms with van der Waals surface area (Å²) in [6, 6.07) is -0.139. The number of hydrogen-bond acceptors (Lipinski definition) is 3. The number of amides is 1. The second kappa shape index (κ2) is 5.97. The largest absolute Gasteiger partial charge is 0.394 e. The summed E-state index contributed by atoms with van der Waals surface area (Å²) >= 11 is 0. The third kappa shape index (κ3) is 6.12. The van der Waals surface area contributed by atoms with Crippen molar-refractivity contribution in [3.63, 3.8) is 0 Å². The summed E-state index contributed by atoms with van der Waals surface area (Å²) < 4.78 is 0. The third-order valence-electron chi connectivity index (χ3n) is 1.47. The van der Waals surface area contributed by atoms with Crippen LogP contribution in [0.4, 0.5) is 0 Å². The van der Waals surface area contributed by atoms with Crippen LogP contribution in [0.2, 0.25) is 0 Å². The smallest absolute Gasteiger partial charge is 0.221 e. The highest BCUT2D eigenvalue weighted by atomic mass is 16.3. The van der Waals surface area contributed by atoms with Gasteiger partial charge in [-0.25, -0.2) is 0 Å². The van der Waals surface area contributed by atoms with Gasteiger partial charge in [0.25, 0.3) is 0 Å². The van der Waals surface area contributed by atoms with Gasteiger partial charge in [-0.05, 0) is 21.0 Å². The molecule has 4 nitrogen and oxygen atoms in total. The molecule has 0 aliphatic carbocycles. The van der Waals surface area contributed by atoms with E-state index in [0.717, 1.165) is 6.54 Å². The van der Waals surface area contributed by atoms with E-state index in [2.05, 4.69) is 5.32 Å². The van der Waals surface area contributed by atoms with E-state index in [1.807, 2.05) is 19.0 Å². The van der Waals surface area contributed by atoms with Crippen molar-refractivity contribution in [3.05, 3.63) is 0 Å². The zero-order valence-corrected chi connectivity index (χ0v) is 8.00. The first-order valence-corrected chi connectivity index (χ1v) is 4.11. The second-order valence-corrected chi connectivity index (χ2v) is 3.20. The molecule has 0 saturated heterocycles. The molecule has 0 radical (unpaired) electrons. The first-order chi connectivity index (χ1) is 5.56. The summed E-state index contributed by atoms with van der Waals surface area (Å²) in [6.45, 7) is 2.51. The van der Waals surface area contributed by atoms with Crippen molar-refractivity contribution in [3.8, 4) is 0 Å². The Kier molecular flexibility index (Phi) is 5.66. The average Bonchev–Trinajstić information content (AvgIpc) is 2.00. The van der Waals surface area contributed by atoms with E-state index in [0.29, 0.717) is 6.42 Å². The summed E-state index contributed by atoms with van der Waals surface area (Å²) in [4.78, 5) is 13.0. The predicted octanol–water partition coefficient (Wildman–Crippen LogP) is -0.565. The highest BCUT2D eigenvalue weighted by Crippen LogP contribution is 1.85. The van der Waals surface area contributed by atoms with Gasteiger partial charge in [0.1, 0.15) is 0 Å². The van der Waals surface area contributed by atoms with E-state index in [4.69, 9.17) is 5.11 Å². The fourth-order valence-corrected chi connectivity index (χ4v) is 0.718. The zero-order chi connectivity index (χ0) is 9.56. The lowest BCUT2D eigenvalue weighted by Gasteiger charge is -2.12. The molecule has 12 heavy (non-hydrogen) atoms. The lowest BCUT2D eigenvalue weighted by molar-refractivity contribution is -0.122. The number of aliphatic hydroxyl groups is 1. The minimum Gasteiger partial charge on any atom is -0.394 e. The maximum Gasteiger partial charge on any atom is 0.221 e. The molecule has 0 unspecified atom stereocenters. The minimum absolute atomic E-state index is 0.00625. The van der Waals surface area contributed by atoms with E-state index in [-0.39, 0.29) is 18.6 Å². The molecule has 0 aliphatic rings. The summed E-state index contributed by atoms with van der Waals surface area (Å²) in [7, 11) is 3.84. The molecule has 1 amide bonds. The maximum absolute atomic E-state index is 11.1. The van der Waals surface area contributed by atoms with Gasteiger partial charge in [0.2, 0.25) is 5.91 Å². The standard InChI is InChI=1S/C8H18N2O2/c1-7(6-11)9-8(12)4-5-10(2)3/h7,11H,4-6H2,1-3H3,(H,9,12)/t7-/m1/s1. The van der Waals surface area contributed by atoms with Gasteiger partial charge in [-0.3, -0.25) is 4.79 Å². The van der Waals surface area contributed by atoms with Crippen molar-refractivity contribution in [2.45, 2.75) is 19.4 Å². The van der Waals surface area contributed by atoms with Crippen LogP contribution >= 0.6 is 0 Å². The quantitative estimate of drug-likeness (QED) is 0.587. The van der Waals surface area contributed by atoms with Crippen LogP contribution in [0.5, 0.6) is 0 Å². The average molecular weight is 174 g/mol. The summed E-state index contributed by atoms with van der Waals surface area (Å²) in [5, 5.41) is 11.3. The Hall–Kier alpha value is -0.610. The van der Waals surface area contributed by atoms with Gasteiger partial charge in [-0.1, -0.05) is 0 Å². The Morgan fingerprint density at radius 3 is 2.58 bits per heavy atom. The molecule has 0 heterocycles. The van der Waals surface area contributed by atoms with Crippen molar-refractivity contribution in [1.82, 2.24) is 10.2 Å². The molecule has 0 rings (SSSR count). The van der Waals surface area contributed by atoms with E-state index >= 15 is 0 Å². The van der Waals surface area contributed by atoms with Gasteiger partial charge in [0.05, 0.1) is 6.61 Å². The Morgan fingerprint density at radius 1 is 1.58 bits per heavy atom. The Morgan fingerprint density at radius 2 is 2.17 bits per heavy atom. The first kappa shape index (κ1) is 11.4. The van der Waals surface area contributed by atoms with Crippen LogP contribution in [0.15, 0.2) is 0 Å². The normalized spacial score (nSPS) is 13.1. The molecule has 2 N–H and O–H groups in total. The van der Waals surface area contributed by atoms with Gasteiger partial charge in [-0.2, -0.15) is 0 Å². The molecule has 1 atom stereocenters. The topological polar surface area (TPSA) is 52.6 Å². The number of nitrogens with zero attached hydrogens (tertiary/aromatic N) is 1. The van der Waals surface area contributed by atoms with E-state index < -0.39 is 0 Å². The highest BCUT2D eigenvalue weighted by molar-refractivity contribution is 5.76. The van der Waals surface area contributed by atoms with E-state index in [1.54, 1.807) is 6.92 Å². The molecule has 0 bridgehead atoms. The molecule has 0 spiro atoms. The van der Waals surface area contributed by atoms with Crippen LogP contribution in [0.3, 0.4) is 0 Å². The first-order valence-electron chi connectivity index (χ1n) is 4.11. The molecule has 0 aliphatic heterocycles. The van der Waals surface area contributed by atoms with Crippen molar-refractivity contribution in [2.75, 3.05) is 27.2 Å². The summed E-state index contributed by atoms with van der Waals surface area (Å²) in [6.07, 6.45) is 0.483. The number of carbonyl (C=O) groups is 1. The lowest BCUT2D eigenvalue weighted by atomic mass is 10.3. The van der Waals surface area contributed by atoms with Gasteiger partial charge in [0.15, 0.2) is 0 Å². The van der Waals surface area contributed by atoms with Crippen LogP contribution in [0, 0.1) is 0 Å². The second-order valence-electron chi connectivity index (χ2n) is 3.20.